The Hall–Kier alpha value is -1.14. The van der Waals surface area contributed by atoms with Crippen LogP contribution in [0.5, 0.6) is 0 Å². The molecule has 12 heavy (non-hydrogen) atoms. The molecule has 0 spiro atoms. The number of aliphatic hydroxyl groups excluding tert-OH is 1. The molecule has 70 valence electrons. The van der Waals surface area contributed by atoms with E-state index in [0.29, 0.717) is 0 Å². The van der Waals surface area contributed by atoms with E-state index in [9.17, 15) is 9.59 Å². The first-order chi connectivity index (χ1) is 5.54. The standard InChI is InChI=1S/C6H11NO5/c1-11-5(9)3(7)4(8)6(10)12-2/h3-4,8H,7H2,1-2H3/t3-,4-/m0/s1. The normalized spacial score (nSPS) is 14.7. The van der Waals surface area contributed by atoms with Crippen LogP contribution in [0.4, 0.5) is 0 Å². The Balaban J connectivity index is 4.18. The van der Waals surface area contributed by atoms with Crippen LogP contribution in [0.1, 0.15) is 0 Å². The fourth-order valence-electron chi connectivity index (χ4n) is 0.532. The zero-order valence-corrected chi connectivity index (χ0v) is 6.81. The minimum absolute atomic E-state index is 0.868. The van der Waals surface area contributed by atoms with Gasteiger partial charge in [0.05, 0.1) is 14.2 Å². The second-order valence-corrected chi connectivity index (χ2v) is 2.02. The Bertz CT molecular complexity index is 161. The molecule has 0 aliphatic heterocycles. The maximum Gasteiger partial charge on any atom is 0.336 e. The minimum atomic E-state index is -1.68. The van der Waals surface area contributed by atoms with Crippen LogP contribution >= 0.6 is 0 Å². The zero-order chi connectivity index (χ0) is 9.72. The number of aliphatic hydroxyl groups is 1. The Morgan fingerprint density at radius 3 is 2.00 bits per heavy atom. The van der Waals surface area contributed by atoms with Crippen LogP contribution in [0.15, 0.2) is 0 Å². The molecule has 0 fully saturated rings. The molecule has 0 heterocycles. The molecule has 2 atom stereocenters. The Kier molecular flexibility index (Phi) is 4.24. The van der Waals surface area contributed by atoms with Crippen LogP contribution in [-0.4, -0.2) is 43.4 Å². The van der Waals surface area contributed by atoms with E-state index in [1.54, 1.807) is 0 Å². The highest BCUT2D eigenvalue weighted by Crippen LogP contribution is 1.95. The molecule has 0 aliphatic carbocycles. The molecule has 0 rings (SSSR count). The second kappa shape index (κ2) is 4.68. The summed E-state index contributed by atoms with van der Waals surface area (Å²) in [5.41, 5.74) is 5.12. The topological polar surface area (TPSA) is 98.9 Å². The first-order valence-electron chi connectivity index (χ1n) is 3.14. The molecule has 0 aromatic rings. The summed E-state index contributed by atoms with van der Waals surface area (Å²) < 4.78 is 8.35. The summed E-state index contributed by atoms with van der Waals surface area (Å²) in [6, 6.07) is -1.40. The summed E-state index contributed by atoms with van der Waals surface area (Å²) in [6.45, 7) is 0. The fourth-order valence-corrected chi connectivity index (χ4v) is 0.532. The molecular formula is C6H11NO5. The van der Waals surface area contributed by atoms with Crippen molar-refractivity contribution in [2.24, 2.45) is 5.73 Å². The first kappa shape index (κ1) is 10.9. The van der Waals surface area contributed by atoms with E-state index in [1.807, 2.05) is 0 Å². The minimum Gasteiger partial charge on any atom is -0.468 e. The van der Waals surface area contributed by atoms with Gasteiger partial charge in [0, 0.05) is 0 Å². The van der Waals surface area contributed by atoms with Crippen molar-refractivity contribution in [3.63, 3.8) is 0 Å². The number of hydrogen-bond acceptors (Lipinski definition) is 6. The fraction of sp³-hybridized carbons (Fsp3) is 0.667. The number of rotatable bonds is 3. The number of carbonyl (C=O) groups is 2. The average Bonchev–Trinajstić information content (AvgIpc) is 2.12. The lowest BCUT2D eigenvalue weighted by molar-refractivity contribution is -0.158. The zero-order valence-electron chi connectivity index (χ0n) is 6.81. The van der Waals surface area contributed by atoms with Crippen molar-refractivity contribution in [3.8, 4) is 0 Å². The van der Waals surface area contributed by atoms with Crippen molar-refractivity contribution in [1.82, 2.24) is 0 Å². The third-order valence-electron chi connectivity index (χ3n) is 1.26. The van der Waals surface area contributed by atoms with E-state index in [1.165, 1.54) is 0 Å². The Labute approximate surface area is 69.2 Å². The lowest BCUT2D eigenvalue weighted by atomic mass is 10.2. The predicted molar refractivity (Wildman–Crippen MR) is 38.0 cm³/mol. The summed E-state index contributed by atoms with van der Waals surface area (Å²) in [6.07, 6.45) is -1.68. The van der Waals surface area contributed by atoms with Gasteiger partial charge in [-0.3, -0.25) is 4.79 Å². The Morgan fingerprint density at radius 1 is 1.25 bits per heavy atom. The van der Waals surface area contributed by atoms with Gasteiger partial charge >= 0.3 is 11.9 Å². The van der Waals surface area contributed by atoms with Crippen LogP contribution < -0.4 is 5.73 Å². The van der Waals surface area contributed by atoms with E-state index in [-0.39, 0.29) is 0 Å². The van der Waals surface area contributed by atoms with E-state index in [2.05, 4.69) is 9.47 Å². The molecule has 0 aromatic carbocycles. The smallest absolute Gasteiger partial charge is 0.336 e. The molecular weight excluding hydrogens is 166 g/mol. The highest BCUT2D eigenvalue weighted by atomic mass is 16.5. The first-order valence-corrected chi connectivity index (χ1v) is 3.14. The highest BCUT2D eigenvalue weighted by molar-refractivity contribution is 5.85. The Morgan fingerprint density at radius 2 is 1.67 bits per heavy atom. The van der Waals surface area contributed by atoms with Crippen LogP contribution in [0, 0.1) is 0 Å². The van der Waals surface area contributed by atoms with E-state index in [4.69, 9.17) is 10.8 Å². The number of carbonyl (C=O) groups excluding carboxylic acids is 2. The van der Waals surface area contributed by atoms with Crippen molar-refractivity contribution < 1.29 is 24.2 Å². The number of ether oxygens (including phenoxy) is 2. The molecule has 6 nitrogen and oxygen atoms in total. The van der Waals surface area contributed by atoms with Crippen LogP contribution in [0.3, 0.4) is 0 Å². The lowest BCUT2D eigenvalue weighted by Gasteiger charge is -2.13. The van der Waals surface area contributed by atoms with Gasteiger partial charge < -0.3 is 20.3 Å². The molecule has 0 amide bonds. The summed E-state index contributed by atoms with van der Waals surface area (Å²) in [5.74, 6) is -1.83. The molecule has 0 unspecified atom stereocenters. The van der Waals surface area contributed by atoms with Crippen molar-refractivity contribution in [2.45, 2.75) is 12.1 Å². The maximum absolute atomic E-state index is 10.7. The summed E-state index contributed by atoms with van der Waals surface area (Å²) >= 11 is 0. The molecule has 0 radical (unpaired) electrons. The number of methoxy groups -OCH3 is 2. The number of nitrogens with two attached hydrogens (primary N) is 1. The molecule has 6 heteroatoms. The van der Waals surface area contributed by atoms with Gasteiger partial charge in [0.2, 0.25) is 0 Å². The van der Waals surface area contributed by atoms with Gasteiger partial charge in [-0.25, -0.2) is 4.79 Å². The third kappa shape index (κ3) is 2.48. The van der Waals surface area contributed by atoms with Gasteiger partial charge in [0.1, 0.15) is 6.04 Å². The second-order valence-electron chi connectivity index (χ2n) is 2.02. The maximum atomic E-state index is 10.7. The lowest BCUT2D eigenvalue weighted by Crippen LogP contribution is -2.47. The van der Waals surface area contributed by atoms with Gasteiger partial charge in [-0.15, -0.1) is 0 Å². The van der Waals surface area contributed by atoms with Gasteiger partial charge in [-0.2, -0.15) is 0 Å². The molecule has 0 aliphatic rings. The molecule has 0 saturated heterocycles. The molecule has 0 saturated carbocycles. The number of esters is 2. The van der Waals surface area contributed by atoms with E-state index < -0.39 is 24.1 Å². The quantitative estimate of drug-likeness (QED) is 0.485. The van der Waals surface area contributed by atoms with Crippen LogP contribution in [-0.2, 0) is 19.1 Å². The molecule has 0 bridgehead atoms. The largest absolute Gasteiger partial charge is 0.468 e. The SMILES string of the molecule is COC(=O)[C@@H](N)[C@H](O)C(=O)OC. The molecule has 0 aromatic heterocycles. The van der Waals surface area contributed by atoms with E-state index >= 15 is 0 Å². The van der Waals surface area contributed by atoms with Crippen LogP contribution in [0.25, 0.3) is 0 Å². The van der Waals surface area contributed by atoms with E-state index in [0.717, 1.165) is 14.2 Å². The third-order valence-corrected chi connectivity index (χ3v) is 1.26. The summed E-state index contributed by atoms with van der Waals surface area (Å²) in [7, 11) is 2.18. The van der Waals surface area contributed by atoms with Crippen molar-refractivity contribution >= 4 is 11.9 Å². The van der Waals surface area contributed by atoms with Gasteiger partial charge in [-0.05, 0) is 0 Å². The van der Waals surface area contributed by atoms with Gasteiger partial charge in [-0.1, -0.05) is 0 Å². The summed E-state index contributed by atoms with van der Waals surface area (Å²) in [4.78, 5) is 21.3. The molecule has 3 N–H and O–H groups in total. The summed E-state index contributed by atoms with van der Waals surface area (Å²) in [5, 5.41) is 8.99. The van der Waals surface area contributed by atoms with Crippen molar-refractivity contribution in [2.75, 3.05) is 14.2 Å². The van der Waals surface area contributed by atoms with Crippen molar-refractivity contribution in [1.29, 1.82) is 0 Å². The van der Waals surface area contributed by atoms with Gasteiger partial charge in [0.15, 0.2) is 6.10 Å². The average molecular weight is 177 g/mol. The van der Waals surface area contributed by atoms with Gasteiger partial charge in [0.25, 0.3) is 0 Å². The van der Waals surface area contributed by atoms with Crippen LogP contribution in [0.2, 0.25) is 0 Å². The predicted octanol–water partition coefficient (Wildman–Crippen LogP) is -1.98. The number of hydrogen-bond donors (Lipinski definition) is 2. The monoisotopic (exact) mass is 177 g/mol. The highest BCUT2D eigenvalue weighted by Gasteiger charge is 2.30. The van der Waals surface area contributed by atoms with Crippen molar-refractivity contribution in [3.05, 3.63) is 0 Å².